The zero-order valence-corrected chi connectivity index (χ0v) is 12.9. The van der Waals surface area contributed by atoms with Crippen molar-refractivity contribution in [3.05, 3.63) is 53.9 Å². The molecule has 0 unspecified atom stereocenters. The summed E-state index contributed by atoms with van der Waals surface area (Å²) in [6.07, 6.45) is 0. The van der Waals surface area contributed by atoms with Crippen LogP contribution in [0.5, 0.6) is 5.75 Å². The molecular formula is C15H12N2O3S2. The Labute approximate surface area is 131 Å². The van der Waals surface area contributed by atoms with E-state index in [4.69, 9.17) is 5.14 Å². The first-order valence-corrected chi connectivity index (χ1v) is 8.74. The van der Waals surface area contributed by atoms with Crippen molar-refractivity contribution in [2.24, 2.45) is 5.14 Å². The zero-order valence-electron chi connectivity index (χ0n) is 11.3. The minimum Gasteiger partial charge on any atom is -0.508 e. The first kappa shape index (κ1) is 14.7. The van der Waals surface area contributed by atoms with Gasteiger partial charge in [0.25, 0.3) is 0 Å². The average Bonchev–Trinajstić information content (AvgIpc) is 2.96. The van der Waals surface area contributed by atoms with Crippen LogP contribution in [0.25, 0.3) is 21.8 Å². The fourth-order valence-electron chi connectivity index (χ4n) is 1.99. The van der Waals surface area contributed by atoms with E-state index in [0.29, 0.717) is 0 Å². The third-order valence-electron chi connectivity index (χ3n) is 3.08. The molecule has 0 aliphatic rings. The highest BCUT2D eigenvalue weighted by Gasteiger charge is 2.10. The molecular weight excluding hydrogens is 320 g/mol. The van der Waals surface area contributed by atoms with E-state index in [0.717, 1.165) is 21.8 Å². The first-order valence-electron chi connectivity index (χ1n) is 6.32. The number of hydrogen-bond acceptors (Lipinski definition) is 5. The Kier molecular flexibility index (Phi) is 3.69. The molecule has 0 bridgehead atoms. The van der Waals surface area contributed by atoms with E-state index in [-0.39, 0.29) is 10.6 Å². The highest BCUT2D eigenvalue weighted by atomic mass is 32.2. The van der Waals surface area contributed by atoms with E-state index >= 15 is 0 Å². The van der Waals surface area contributed by atoms with Crippen LogP contribution in [0.2, 0.25) is 0 Å². The molecule has 2 aromatic carbocycles. The van der Waals surface area contributed by atoms with Crippen LogP contribution in [-0.4, -0.2) is 18.5 Å². The van der Waals surface area contributed by atoms with Crippen LogP contribution in [0, 0.1) is 0 Å². The molecule has 0 saturated carbocycles. The summed E-state index contributed by atoms with van der Waals surface area (Å²) in [5.74, 6) is 0.187. The van der Waals surface area contributed by atoms with Gasteiger partial charge in [-0.15, -0.1) is 11.3 Å². The maximum Gasteiger partial charge on any atom is 0.238 e. The maximum absolute atomic E-state index is 11.2. The van der Waals surface area contributed by atoms with Gasteiger partial charge < -0.3 is 5.11 Å². The summed E-state index contributed by atoms with van der Waals surface area (Å²) in [6.45, 7) is 0. The molecule has 0 aliphatic heterocycles. The predicted octanol–water partition coefficient (Wildman–Crippen LogP) is 2.83. The number of phenols is 1. The number of nitrogens with zero attached hydrogens (tertiary/aromatic N) is 1. The molecule has 0 atom stereocenters. The molecule has 3 rings (SSSR count). The quantitative estimate of drug-likeness (QED) is 0.771. The van der Waals surface area contributed by atoms with E-state index in [9.17, 15) is 13.5 Å². The number of thiazole rings is 1. The molecule has 7 heteroatoms. The lowest BCUT2D eigenvalue weighted by molar-refractivity contribution is 0.475. The molecule has 1 heterocycles. The normalized spacial score (nSPS) is 11.5. The molecule has 0 spiro atoms. The summed E-state index contributed by atoms with van der Waals surface area (Å²) in [4.78, 5) is 4.58. The van der Waals surface area contributed by atoms with Gasteiger partial charge in [0.1, 0.15) is 10.8 Å². The van der Waals surface area contributed by atoms with Gasteiger partial charge in [0.2, 0.25) is 10.0 Å². The van der Waals surface area contributed by atoms with Crippen LogP contribution in [0.1, 0.15) is 0 Å². The van der Waals surface area contributed by atoms with Crippen molar-refractivity contribution in [3.63, 3.8) is 0 Å². The minimum absolute atomic E-state index is 0.0692. The average molecular weight is 332 g/mol. The molecule has 5 nitrogen and oxygen atoms in total. The molecule has 22 heavy (non-hydrogen) atoms. The van der Waals surface area contributed by atoms with Gasteiger partial charge in [-0.2, -0.15) is 0 Å². The SMILES string of the molecule is NS(=O)(=O)c1ccc(-c2csc(-c3cccc(O)c3)n2)cc1. The van der Waals surface area contributed by atoms with Gasteiger partial charge in [-0.05, 0) is 24.3 Å². The molecule has 0 radical (unpaired) electrons. The molecule has 112 valence electrons. The van der Waals surface area contributed by atoms with Gasteiger partial charge in [-0.1, -0.05) is 24.3 Å². The van der Waals surface area contributed by atoms with Gasteiger partial charge in [0.05, 0.1) is 10.6 Å². The summed E-state index contributed by atoms with van der Waals surface area (Å²) in [6, 6.07) is 13.1. The Bertz CT molecular complexity index is 916. The Morgan fingerprint density at radius 1 is 1.05 bits per heavy atom. The number of sulfonamides is 1. The van der Waals surface area contributed by atoms with Crippen molar-refractivity contribution < 1.29 is 13.5 Å². The number of hydrogen-bond donors (Lipinski definition) is 2. The Balaban J connectivity index is 1.94. The molecule has 3 N–H and O–H groups in total. The smallest absolute Gasteiger partial charge is 0.238 e. The summed E-state index contributed by atoms with van der Waals surface area (Å²) in [5.41, 5.74) is 2.37. The molecule has 1 aromatic heterocycles. The monoisotopic (exact) mass is 332 g/mol. The minimum atomic E-state index is -3.69. The van der Waals surface area contributed by atoms with E-state index in [2.05, 4.69) is 4.98 Å². The molecule has 0 fully saturated rings. The van der Waals surface area contributed by atoms with Crippen LogP contribution in [0.4, 0.5) is 0 Å². The van der Waals surface area contributed by atoms with Crippen molar-refractivity contribution in [1.82, 2.24) is 4.98 Å². The lowest BCUT2D eigenvalue weighted by Gasteiger charge is -2.00. The van der Waals surface area contributed by atoms with Crippen molar-refractivity contribution in [1.29, 1.82) is 0 Å². The van der Waals surface area contributed by atoms with Crippen LogP contribution >= 0.6 is 11.3 Å². The number of nitrogens with two attached hydrogens (primary N) is 1. The van der Waals surface area contributed by atoms with Crippen LogP contribution < -0.4 is 5.14 Å². The number of aromatic nitrogens is 1. The van der Waals surface area contributed by atoms with Gasteiger partial charge in [-0.25, -0.2) is 18.5 Å². The fraction of sp³-hybridized carbons (Fsp3) is 0. The van der Waals surface area contributed by atoms with E-state index in [1.54, 1.807) is 30.3 Å². The van der Waals surface area contributed by atoms with Gasteiger partial charge in [-0.3, -0.25) is 0 Å². The number of aromatic hydroxyl groups is 1. The van der Waals surface area contributed by atoms with E-state index < -0.39 is 10.0 Å². The van der Waals surface area contributed by atoms with Gasteiger partial charge in [0, 0.05) is 16.5 Å². The molecule has 3 aromatic rings. The topological polar surface area (TPSA) is 93.3 Å². The summed E-state index contributed by atoms with van der Waals surface area (Å²) in [5, 5.41) is 17.2. The third-order valence-corrected chi connectivity index (χ3v) is 4.90. The fourth-order valence-corrected chi connectivity index (χ4v) is 3.33. The lowest BCUT2D eigenvalue weighted by Crippen LogP contribution is -2.11. The summed E-state index contributed by atoms with van der Waals surface area (Å²) in [7, 11) is -3.69. The standard InChI is InChI=1S/C15H12N2O3S2/c16-22(19,20)13-6-4-10(5-7-13)14-9-21-15(17-14)11-2-1-3-12(18)8-11/h1-9,18H,(H2,16,19,20). The summed E-state index contributed by atoms with van der Waals surface area (Å²) >= 11 is 1.45. The number of rotatable bonds is 3. The number of phenolic OH excluding ortho intramolecular Hbond substituents is 1. The van der Waals surface area contributed by atoms with Crippen molar-refractivity contribution in [2.45, 2.75) is 4.90 Å². The van der Waals surface area contributed by atoms with Gasteiger partial charge in [0.15, 0.2) is 0 Å². The van der Waals surface area contributed by atoms with Crippen LogP contribution in [0.15, 0.2) is 58.8 Å². The van der Waals surface area contributed by atoms with Crippen LogP contribution in [-0.2, 0) is 10.0 Å². The van der Waals surface area contributed by atoms with E-state index in [1.165, 1.54) is 23.5 Å². The largest absolute Gasteiger partial charge is 0.508 e. The summed E-state index contributed by atoms with van der Waals surface area (Å²) < 4.78 is 22.5. The Morgan fingerprint density at radius 2 is 1.77 bits per heavy atom. The maximum atomic E-state index is 11.2. The second-order valence-corrected chi connectivity index (χ2v) is 7.08. The third kappa shape index (κ3) is 3.01. The van der Waals surface area contributed by atoms with Crippen molar-refractivity contribution in [3.8, 4) is 27.6 Å². The highest BCUT2D eigenvalue weighted by Crippen LogP contribution is 2.30. The first-order chi connectivity index (χ1) is 10.4. The molecule has 0 saturated heterocycles. The second-order valence-electron chi connectivity index (χ2n) is 4.66. The zero-order chi connectivity index (χ0) is 15.7. The Hall–Kier alpha value is -2.22. The highest BCUT2D eigenvalue weighted by molar-refractivity contribution is 7.89. The number of benzene rings is 2. The van der Waals surface area contributed by atoms with Crippen LogP contribution in [0.3, 0.4) is 0 Å². The van der Waals surface area contributed by atoms with Crippen molar-refractivity contribution in [2.75, 3.05) is 0 Å². The van der Waals surface area contributed by atoms with E-state index in [1.807, 2.05) is 11.4 Å². The van der Waals surface area contributed by atoms with Crippen molar-refractivity contribution >= 4 is 21.4 Å². The second kappa shape index (κ2) is 5.53. The number of primary sulfonamides is 1. The lowest BCUT2D eigenvalue weighted by atomic mass is 10.2. The van der Waals surface area contributed by atoms with Gasteiger partial charge >= 0.3 is 0 Å². The Morgan fingerprint density at radius 3 is 2.41 bits per heavy atom. The predicted molar refractivity (Wildman–Crippen MR) is 86.0 cm³/mol. The molecule has 0 aliphatic carbocycles. The molecule has 0 amide bonds.